The third-order valence-corrected chi connectivity index (χ3v) is 5.03. The zero-order valence-electron chi connectivity index (χ0n) is 14.5. The van der Waals surface area contributed by atoms with E-state index in [9.17, 15) is 14.0 Å². The number of nitrogens with zero attached hydrogens (tertiary/aromatic N) is 3. The summed E-state index contributed by atoms with van der Waals surface area (Å²) in [4.78, 5) is 29.6. The van der Waals surface area contributed by atoms with Crippen LogP contribution in [-0.2, 0) is 0 Å². The second-order valence-electron chi connectivity index (χ2n) is 7.16. The van der Waals surface area contributed by atoms with Crippen LogP contribution in [0.25, 0.3) is 11.0 Å². The molecule has 0 atom stereocenters. The largest absolute Gasteiger partial charge is 0.511 e. The molecule has 0 bridgehead atoms. The van der Waals surface area contributed by atoms with Gasteiger partial charge in [-0.2, -0.15) is 0 Å². The van der Waals surface area contributed by atoms with E-state index in [2.05, 4.69) is 15.0 Å². The molecule has 2 N–H and O–H groups in total. The number of anilines is 1. The molecule has 26 heavy (non-hydrogen) atoms. The minimum atomic E-state index is -1.58. The van der Waals surface area contributed by atoms with Gasteiger partial charge in [0, 0.05) is 19.1 Å². The van der Waals surface area contributed by atoms with Gasteiger partial charge in [0.05, 0.1) is 17.1 Å². The molecule has 4 rings (SSSR count). The van der Waals surface area contributed by atoms with Gasteiger partial charge in [-0.15, -0.1) is 0 Å². The summed E-state index contributed by atoms with van der Waals surface area (Å²) in [5.74, 6) is -0.744. The number of hydrogen-bond acceptors (Lipinski definition) is 6. The van der Waals surface area contributed by atoms with Crippen molar-refractivity contribution >= 4 is 23.0 Å². The van der Waals surface area contributed by atoms with Gasteiger partial charge in [0.1, 0.15) is 5.65 Å². The summed E-state index contributed by atoms with van der Waals surface area (Å²) in [6.45, 7) is 3.25. The smallest absolute Gasteiger partial charge is 0.449 e. The van der Waals surface area contributed by atoms with Gasteiger partial charge in [0.2, 0.25) is 5.43 Å². The maximum atomic E-state index is 14.6. The molecular weight excluding hydrogens is 343 g/mol. The highest BCUT2D eigenvalue weighted by Gasteiger charge is 2.39. The molecule has 9 heteroatoms. The van der Waals surface area contributed by atoms with E-state index in [1.165, 1.54) is 6.20 Å². The number of likely N-dealkylation sites (N-methyl/N-ethyl adjacent to an activating group) is 1. The topological polar surface area (TPSA) is 96.7 Å². The van der Waals surface area contributed by atoms with E-state index in [1.807, 2.05) is 18.9 Å². The Balaban J connectivity index is 1.84. The molecule has 0 unspecified atom stereocenters. The summed E-state index contributed by atoms with van der Waals surface area (Å²) in [5, 5.41) is 12.0. The average Bonchev–Trinajstić information content (AvgIpc) is 3.39. The van der Waals surface area contributed by atoms with Crippen molar-refractivity contribution in [1.29, 1.82) is 0 Å². The molecule has 1 saturated heterocycles. The number of ether oxygens (including phenoxy) is 1. The van der Waals surface area contributed by atoms with E-state index in [-0.39, 0.29) is 28.5 Å². The fourth-order valence-corrected chi connectivity index (χ4v) is 3.34. The van der Waals surface area contributed by atoms with Crippen LogP contribution in [0.4, 0.5) is 15.0 Å². The normalized spacial score (nSPS) is 18.7. The molecule has 2 aromatic heterocycles. The lowest BCUT2D eigenvalue weighted by atomic mass is 9.92. The summed E-state index contributed by atoms with van der Waals surface area (Å²) in [5.41, 5.74) is -0.427. The number of rotatable bonds is 4. The molecule has 1 aliphatic carbocycles. The Morgan fingerprint density at radius 3 is 2.73 bits per heavy atom. The molecule has 2 aliphatic rings. The standard InChI is InChI=1S/C17H19FN4O4/c1-17(19-2)7-21(8-17)15-11(18)5-10-13(23)12(26-16(24)25)6-22(9-3-4-9)14(10)20-15/h5-6,9,19H,3-4,7-8H2,1-2H3,(H,24,25). The highest BCUT2D eigenvalue weighted by molar-refractivity contribution is 5.80. The van der Waals surface area contributed by atoms with Crippen LogP contribution in [0.15, 0.2) is 17.1 Å². The highest BCUT2D eigenvalue weighted by Crippen LogP contribution is 2.38. The number of halogens is 1. The quantitative estimate of drug-likeness (QED) is 0.800. The summed E-state index contributed by atoms with van der Waals surface area (Å²) in [6.07, 6.45) is 1.56. The molecular formula is C17H19FN4O4. The summed E-state index contributed by atoms with van der Waals surface area (Å²) in [6, 6.07) is 1.24. The van der Waals surface area contributed by atoms with Gasteiger partial charge in [0.15, 0.2) is 17.4 Å². The lowest BCUT2D eigenvalue weighted by molar-refractivity contribution is 0.143. The average molecular weight is 362 g/mol. The first-order valence-electron chi connectivity index (χ1n) is 8.41. The molecule has 0 aromatic carbocycles. The van der Waals surface area contributed by atoms with Crippen LogP contribution in [0.1, 0.15) is 25.8 Å². The maximum Gasteiger partial charge on any atom is 0.511 e. The second-order valence-corrected chi connectivity index (χ2v) is 7.16. The zero-order chi connectivity index (χ0) is 18.6. The highest BCUT2D eigenvalue weighted by atomic mass is 19.1. The molecule has 1 saturated carbocycles. The van der Waals surface area contributed by atoms with Crippen LogP contribution in [0, 0.1) is 5.82 Å². The molecule has 2 aromatic rings. The lowest BCUT2D eigenvalue weighted by Gasteiger charge is -2.48. The van der Waals surface area contributed by atoms with Crippen LogP contribution >= 0.6 is 0 Å². The van der Waals surface area contributed by atoms with Crippen LogP contribution in [-0.4, -0.2) is 46.5 Å². The monoisotopic (exact) mass is 362 g/mol. The maximum absolute atomic E-state index is 14.6. The van der Waals surface area contributed by atoms with Crippen molar-refractivity contribution in [3.8, 4) is 5.75 Å². The van der Waals surface area contributed by atoms with Crippen LogP contribution in [0.3, 0.4) is 0 Å². The van der Waals surface area contributed by atoms with Gasteiger partial charge in [-0.25, -0.2) is 14.2 Å². The number of aromatic nitrogens is 2. The van der Waals surface area contributed by atoms with Crippen molar-refractivity contribution < 1.29 is 19.0 Å². The van der Waals surface area contributed by atoms with Crippen LogP contribution in [0.2, 0.25) is 0 Å². The number of pyridine rings is 2. The van der Waals surface area contributed by atoms with E-state index in [4.69, 9.17) is 5.11 Å². The Morgan fingerprint density at radius 2 is 2.15 bits per heavy atom. The third-order valence-electron chi connectivity index (χ3n) is 5.03. The summed E-state index contributed by atoms with van der Waals surface area (Å²) < 4.78 is 20.9. The van der Waals surface area contributed by atoms with E-state index >= 15 is 0 Å². The predicted octanol–water partition coefficient (Wildman–Crippen LogP) is 1.73. The van der Waals surface area contributed by atoms with Crippen LogP contribution < -0.4 is 20.4 Å². The zero-order valence-corrected chi connectivity index (χ0v) is 14.5. The summed E-state index contributed by atoms with van der Waals surface area (Å²) >= 11 is 0. The van der Waals surface area contributed by atoms with E-state index in [1.54, 1.807) is 4.57 Å². The second kappa shape index (κ2) is 5.66. The Morgan fingerprint density at radius 1 is 1.46 bits per heavy atom. The van der Waals surface area contributed by atoms with Crippen molar-refractivity contribution in [2.24, 2.45) is 0 Å². The van der Waals surface area contributed by atoms with Gasteiger partial charge < -0.3 is 24.6 Å². The van der Waals surface area contributed by atoms with E-state index < -0.39 is 17.4 Å². The fourth-order valence-electron chi connectivity index (χ4n) is 3.34. The molecule has 0 spiro atoms. The number of nitrogens with one attached hydrogen (secondary N) is 1. The number of carbonyl (C=O) groups is 1. The number of hydrogen-bond donors (Lipinski definition) is 2. The Bertz CT molecular complexity index is 963. The van der Waals surface area contributed by atoms with E-state index in [0.29, 0.717) is 18.7 Å². The molecule has 0 amide bonds. The van der Waals surface area contributed by atoms with Gasteiger partial charge in [-0.3, -0.25) is 4.79 Å². The van der Waals surface area contributed by atoms with Crippen molar-refractivity contribution in [3.63, 3.8) is 0 Å². The molecule has 3 heterocycles. The molecule has 8 nitrogen and oxygen atoms in total. The van der Waals surface area contributed by atoms with Gasteiger partial charge >= 0.3 is 6.16 Å². The van der Waals surface area contributed by atoms with Crippen molar-refractivity contribution in [1.82, 2.24) is 14.9 Å². The van der Waals surface area contributed by atoms with Crippen molar-refractivity contribution in [3.05, 3.63) is 28.3 Å². The van der Waals surface area contributed by atoms with Gasteiger partial charge in [-0.1, -0.05) is 0 Å². The first-order chi connectivity index (χ1) is 12.3. The molecule has 138 valence electrons. The Labute approximate surface area is 148 Å². The predicted molar refractivity (Wildman–Crippen MR) is 92.6 cm³/mol. The molecule has 1 aliphatic heterocycles. The summed E-state index contributed by atoms with van der Waals surface area (Å²) in [7, 11) is 1.86. The molecule has 2 fully saturated rings. The number of fused-ring (bicyclic) bond motifs is 1. The van der Waals surface area contributed by atoms with Gasteiger partial charge in [-0.05, 0) is 32.9 Å². The first kappa shape index (κ1) is 16.8. The van der Waals surface area contributed by atoms with Crippen molar-refractivity contribution in [2.75, 3.05) is 25.0 Å². The Hall–Kier alpha value is -2.68. The lowest BCUT2D eigenvalue weighted by Crippen LogP contribution is -2.67. The number of carboxylic acid groups (broad SMARTS) is 1. The third kappa shape index (κ3) is 2.68. The minimum Gasteiger partial charge on any atom is -0.449 e. The Kier molecular flexibility index (Phi) is 3.65. The van der Waals surface area contributed by atoms with Gasteiger partial charge in [0.25, 0.3) is 0 Å². The fraction of sp³-hybridized carbons (Fsp3) is 0.471. The van der Waals surface area contributed by atoms with Crippen molar-refractivity contribution in [2.45, 2.75) is 31.3 Å². The minimum absolute atomic E-state index is 0.0220. The first-order valence-corrected chi connectivity index (χ1v) is 8.41. The van der Waals surface area contributed by atoms with E-state index in [0.717, 1.165) is 18.9 Å². The SMILES string of the molecule is CNC1(C)CN(c2nc3c(cc2F)c(=O)c(OC(=O)O)cn3C2CC2)C1. The van der Waals surface area contributed by atoms with Crippen LogP contribution in [0.5, 0.6) is 5.75 Å². The molecule has 0 radical (unpaired) electrons.